The number of hydrogen-bond donors (Lipinski definition) is 2. The van der Waals surface area contributed by atoms with Crippen molar-refractivity contribution >= 4 is 40.6 Å². The highest BCUT2D eigenvalue weighted by Crippen LogP contribution is 2.29. The van der Waals surface area contributed by atoms with Gasteiger partial charge in [0.05, 0.1) is 11.4 Å². The van der Waals surface area contributed by atoms with Crippen LogP contribution in [0.5, 0.6) is 0 Å². The number of benzene rings is 2. The van der Waals surface area contributed by atoms with Gasteiger partial charge in [-0.3, -0.25) is 19.3 Å². The summed E-state index contributed by atoms with van der Waals surface area (Å²) < 4.78 is 10.3. The van der Waals surface area contributed by atoms with Gasteiger partial charge in [-0.25, -0.2) is 4.79 Å². The van der Waals surface area contributed by atoms with Crippen LogP contribution in [0.15, 0.2) is 66.1 Å². The van der Waals surface area contributed by atoms with E-state index in [2.05, 4.69) is 10.6 Å². The predicted molar refractivity (Wildman–Crippen MR) is 106 cm³/mol. The highest BCUT2D eigenvalue weighted by atomic mass is 16.5. The van der Waals surface area contributed by atoms with Crippen molar-refractivity contribution in [2.45, 2.75) is 0 Å². The molecule has 0 saturated carbocycles. The van der Waals surface area contributed by atoms with E-state index in [1.165, 1.54) is 4.90 Å². The number of hydrogen-bond acceptors (Lipinski definition) is 7. The summed E-state index contributed by atoms with van der Waals surface area (Å²) >= 11 is 0. The van der Waals surface area contributed by atoms with E-state index < -0.39 is 24.3 Å². The first-order valence-corrected chi connectivity index (χ1v) is 9.11. The maximum Gasteiger partial charge on any atom is 0.347 e. The fourth-order valence-electron chi connectivity index (χ4n) is 3.10. The molecule has 2 aromatic rings. The molecule has 0 unspecified atom stereocenters. The van der Waals surface area contributed by atoms with Crippen LogP contribution in [-0.2, 0) is 28.7 Å². The molecule has 9 heteroatoms. The monoisotopic (exact) mass is 407 g/mol. The lowest BCUT2D eigenvalue weighted by atomic mass is 10.2. The van der Waals surface area contributed by atoms with Crippen molar-refractivity contribution in [1.82, 2.24) is 0 Å². The first-order chi connectivity index (χ1) is 14.5. The van der Waals surface area contributed by atoms with Gasteiger partial charge in [0.25, 0.3) is 5.91 Å². The van der Waals surface area contributed by atoms with Crippen LogP contribution in [0.3, 0.4) is 0 Å². The van der Waals surface area contributed by atoms with Gasteiger partial charge in [0.2, 0.25) is 17.6 Å². The number of para-hydroxylation sites is 3. The lowest BCUT2D eigenvalue weighted by molar-refractivity contribution is -0.145. The lowest BCUT2D eigenvalue weighted by Gasteiger charge is -2.28. The van der Waals surface area contributed by atoms with Crippen LogP contribution in [0.4, 0.5) is 17.1 Å². The lowest BCUT2D eigenvalue weighted by Crippen LogP contribution is -2.44. The van der Waals surface area contributed by atoms with E-state index in [-0.39, 0.29) is 30.5 Å². The van der Waals surface area contributed by atoms with Gasteiger partial charge >= 0.3 is 5.97 Å². The number of Topliss-reactive ketones (excluding diaryl/α,β-unsaturated/α-hetero) is 1. The van der Waals surface area contributed by atoms with E-state index in [9.17, 15) is 19.2 Å². The van der Waals surface area contributed by atoms with Gasteiger partial charge in [-0.1, -0.05) is 30.3 Å². The van der Waals surface area contributed by atoms with Crippen molar-refractivity contribution in [2.24, 2.45) is 0 Å². The second-order valence-corrected chi connectivity index (χ2v) is 6.53. The van der Waals surface area contributed by atoms with Crippen molar-refractivity contribution in [3.63, 3.8) is 0 Å². The molecule has 2 aliphatic rings. The number of amides is 2. The van der Waals surface area contributed by atoms with Gasteiger partial charge < -0.3 is 20.1 Å². The van der Waals surface area contributed by atoms with Crippen molar-refractivity contribution in [2.75, 3.05) is 35.3 Å². The topological polar surface area (TPSA) is 114 Å². The molecule has 0 aliphatic carbocycles. The Morgan fingerprint density at radius 1 is 1.07 bits per heavy atom. The van der Waals surface area contributed by atoms with Crippen molar-refractivity contribution < 1.29 is 28.7 Å². The third-order valence-electron chi connectivity index (χ3n) is 4.49. The highest BCUT2D eigenvalue weighted by molar-refractivity contribution is 6.20. The Morgan fingerprint density at radius 2 is 1.80 bits per heavy atom. The Morgan fingerprint density at radius 3 is 2.60 bits per heavy atom. The first kappa shape index (κ1) is 19.2. The predicted octanol–water partition coefficient (Wildman–Crippen LogP) is 1.44. The maximum absolute atomic E-state index is 12.6. The number of nitrogens with zero attached hydrogens (tertiary/aromatic N) is 1. The van der Waals surface area contributed by atoms with Gasteiger partial charge in [-0.2, -0.15) is 0 Å². The van der Waals surface area contributed by atoms with Gasteiger partial charge in [-0.05, 0) is 24.3 Å². The van der Waals surface area contributed by atoms with E-state index in [1.807, 2.05) is 6.07 Å². The van der Waals surface area contributed by atoms with E-state index in [0.29, 0.717) is 17.1 Å². The SMILES string of the molecule is O=C1CN(C(=O)COC(=O)C2=C(Nc3ccccc3)OCC2=O)c2ccccc2N1. The summed E-state index contributed by atoms with van der Waals surface area (Å²) in [6.45, 7) is -1.12. The largest absolute Gasteiger partial charge is 0.470 e. The molecule has 30 heavy (non-hydrogen) atoms. The number of fused-ring (bicyclic) bond motifs is 1. The second kappa shape index (κ2) is 8.08. The van der Waals surface area contributed by atoms with Crippen LogP contribution in [0.25, 0.3) is 0 Å². The number of nitrogens with one attached hydrogen (secondary N) is 2. The Labute approximate surface area is 171 Å². The Kier molecular flexibility index (Phi) is 5.17. The molecule has 2 aromatic carbocycles. The maximum atomic E-state index is 12.6. The van der Waals surface area contributed by atoms with Crippen LogP contribution >= 0.6 is 0 Å². The van der Waals surface area contributed by atoms with Crippen LogP contribution in [0.1, 0.15) is 0 Å². The summed E-state index contributed by atoms with van der Waals surface area (Å²) in [4.78, 5) is 50.3. The third kappa shape index (κ3) is 3.86. The molecule has 0 atom stereocenters. The minimum atomic E-state index is -0.973. The van der Waals surface area contributed by atoms with Crippen molar-refractivity contribution in [3.8, 4) is 0 Å². The molecule has 0 fully saturated rings. The van der Waals surface area contributed by atoms with E-state index >= 15 is 0 Å². The molecular weight excluding hydrogens is 390 g/mol. The second-order valence-electron chi connectivity index (χ2n) is 6.53. The molecule has 9 nitrogen and oxygen atoms in total. The number of rotatable bonds is 5. The first-order valence-electron chi connectivity index (χ1n) is 9.11. The van der Waals surface area contributed by atoms with Crippen LogP contribution in [0.2, 0.25) is 0 Å². The fourth-order valence-corrected chi connectivity index (χ4v) is 3.10. The molecule has 0 spiro atoms. The zero-order chi connectivity index (χ0) is 21.1. The quantitative estimate of drug-likeness (QED) is 0.569. The number of ketones is 1. The molecule has 0 radical (unpaired) electrons. The normalized spacial score (nSPS) is 15.3. The Bertz CT molecular complexity index is 1060. The number of carbonyl (C=O) groups excluding carboxylic acids is 4. The average molecular weight is 407 g/mol. The van der Waals surface area contributed by atoms with Gasteiger partial charge in [0.15, 0.2) is 18.8 Å². The summed E-state index contributed by atoms with van der Waals surface area (Å²) in [5.74, 6) is -2.49. The van der Waals surface area contributed by atoms with E-state index in [1.54, 1.807) is 48.5 Å². The molecule has 152 valence electrons. The van der Waals surface area contributed by atoms with Crippen molar-refractivity contribution in [1.29, 1.82) is 0 Å². The summed E-state index contributed by atoms with van der Waals surface area (Å²) in [6, 6.07) is 15.7. The molecule has 0 bridgehead atoms. The van der Waals surface area contributed by atoms with E-state index in [4.69, 9.17) is 9.47 Å². The number of anilines is 3. The smallest absolute Gasteiger partial charge is 0.347 e. The van der Waals surface area contributed by atoms with Crippen LogP contribution in [-0.4, -0.2) is 43.3 Å². The van der Waals surface area contributed by atoms with E-state index in [0.717, 1.165) is 0 Å². The number of ether oxygens (including phenoxy) is 2. The minimum Gasteiger partial charge on any atom is -0.470 e. The summed E-state index contributed by atoms with van der Waals surface area (Å²) in [6.07, 6.45) is 0. The molecule has 2 N–H and O–H groups in total. The van der Waals surface area contributed by atoms with Gasteiger partial charge in [0, 0.05) is 5.69 Å². The Hall–Kier alpha value is -4.14. The summed E-state index contributed by atoms with van der Waals surface area (Å²) in [7, 11) is 0. The molecule has 0 aromatic heterocycles. The van der Waals surface area contributed by atoms with Crippen molar-refractivity contribution in [3.05, 3.63) is 66.1 Å². The standard InChI is InChI=1S/C21H17N3O6/c25-16-11-29-20(22-13-6-2-1-3-7-13)19(16)21(28)30-12-18(27)24-10-17(26)23-14-8-4-5-9-15(14)24/h1-9,22H,10-12H2,(H,23,26). The summed E-state index contributed by atoms with van der Waals surface area (Å²) in [5.41, 5.74) is 1.33. The fraction of sp³-hybridized carbons (Fsp3) is 0.143. The summed E-state index contributed by atoms with van der Waals surface area (Å²) in [5, 5.41) is 5.53. The van der Waals surface area contributed by atoms with Gasteiger partial charge in [-0.15, -0.1) is 0 Å². The average Bonchev–Trinajstić information content (AvgIpc) is 3.11. The van der Waals surface area contributed by atoms with Crippen LogP contribution < -0.4 is 15.5 Å². The molecule has 2 amide bonds. The molecule has 2 aliphatic heterocycles. The molecular formula is C21H17N3O6. The molecule has 2 heterocycles. The zero-order valence-electron chi connectivity index (χ0n) is 15.7. The Balaban J connectivity index is 1.46. The number of carbonyl (C=O) groups is 4. The molecule has 4 rings (SSSR count). The zero-order valence-corrected chi connectivity index (χ0v) is 15.7. The highest BCUT2D eigenvalue weighted by Gasteiger charge is 2.34. The van der Waals surface area contributed by atoms with Gasteiger partial charge in [0.1, 0.15) is 6.54 Å². The molecule has 0 saturated heterocycles. The van der Waals surface area contributed by atoms with Crippen LogP contribution in [0, 0.1) is 0 Å². The number of esters is 1. The third-order valence-corrected chi connectivity index (χ3v) is 4.49. The minimum absolute atomic E-state index is 0.0219.